The third-order valence-electron chi connectivity index (χ3n) is 3.33. The molecule has 1 aromatic carbocycles. The van der Waals surface area contributed by atoms with Crippen molar-refractivity contribution in [2.75, 3.05) is 13.1 Å². The molecular formula is C13H16F3NO2S. The van der Waals surface area contributed by atoms with Crippen LogP contribution in [0.1, 0.15) is 30.4 Å². The summed E-state index contributed by atoms with van der Waals surface area (Å²) in [5.74, 6) is 0. The summed E-state index contributed by atoms with van der Waals surface area (Å²) in [4.78, 5) is -0.272. The first-order chi connectivity index (χ1) is 9.21. The van der Waals surface area contributed by atoms with Crippen LogP contribution in [0.4, 0.5) is 13.2 Å². The lowest BCUT2D eigenvalue weighted by molar-refractivity contribution is -0.137. The molecule has 0 unspecified atom stereocenters. The summed E-state index contributed by atoms with van der Waals surface area (Å²) >= 11 is 0. The van der Waals surface area contributed by atoms with E-state index in [1.165, 1.54) is 17.3 Å². The van der Waals surface area contributed by atoms with Gasteiger partial charge >= 0.3 is 6.18 Å². The van der Waals surface area contributed by atoms with Crippen LogP contribution >= 0.6 is 0 Å². The maximum Gasteiger partial charge on any atom is 0.416 e. The Morgan fingerprint density at radius 1 is 1.05 bits per heavy atom. The van der Waals surface area contributed by atoms with Crippen molar-refractivity contribution in [3.8, 4) is 0 Å². The van der Waals surface area contributed by atoms with E-state index in [1.54, 1.807) is 0 Å². The molecule has 3 nitrogen and oxygen atoms in total. The Morgan fingerprint density at radius 3 is 2.20 bits per heavy atom. The number of benzene rings is 1. The van der Waals surface area contributed by atoms with Crippen LogP contribution in [0.5, 0.6) is 0 Å². The first kappa shape index (κ1) is 15.3. The topological polar surface area (TPSA) is 37.4 Å². The lowest BCUT2D eigenvalue weighted by atomic mass is 10.1. The van der Waals surface area contributed by atoms with Crippen LogP contribution in [0.25, 0.3) is 0 Å². The lowest BCUT2D eigenvalue weighted by Gasteiger charge is -2.26. The minimum absolute atomic E-state index is 0.272. The molecule has 0 aliphatic carbocycles. The van der Waals surface area contributed by atoms with E-state index in [1.807, 2.05) is 0 Å². The SMILES string of the molecule is Cc1cc(C(F)(F)F)cc(S(=O)(=O)N2CCCCC2)c1. The quantitative estimate of drug-likeness (QED) is 0.841. The molecule has 0 radical (unpaired) electrons. The standard InChI is InChI=1S/C13H16F3NO2S/c1-10-7-11(13(14,15)16)9-12(8-10)20(18,19)17-5-3-2-4-6-17/h7-9H,2-6H2,1H3. The molecule has 0 amide bonds. The van der Waals surface area contributed by atoms with Crippen molar-refractivity contribution in [1.29, 1.82) is 0 Å². The van der Waals surface area contributed by atoms with Gasteiger partial charge in [0.05, 0.1) is 10.5 Å². The maximum atomic E-state index is 12.8. The van der Waals surface area contributed by atoms with E-state index in [-0.39, 0.29) is 10.5 Å². The van der Waals surface area contributed by atoms with Crippen LogP contribution in [-0.2, 0) is 16.2 Å². The number of sulfonamides is 1. The molecule has 0 aromatic heterocycles. The summed E-state index contributed by atoms with van der Waals surface area (Å²) in [5, 5.41) is 0. The second-order valence-electron chi connectivity index (χ2n) is 5.00. The van der Waals surface area contributed by atoms with Crippen LogP contribution < -0.4 is 0 Å². The Morgan fingerprint density at radius 2 is 1.65 bits per heavy atom. The summed E-state index contributed by atoms with van der Waals surface area (Å²) in [6.45, 7) is 2.21. The molecule has 0 N–H and O–H groups in total. The van der Waals surface area contributed by atoms with Crippen LogP contribution in [-0.4, -0.2) is 25.8 Å². The zero-order valence-electron chi connectivity index (χ0n) is 11.1. The minimum atomic E-state index is -4.54. The predicted octanol–water partition coefficient (Wildman–Crippen LogP) is 3.19. The van der Waals surface area contributed by atoms with Crippen molar-refractivity contribution < 1.29 is 21.6 Å². The van der Waals surface area contributed by atoms with Crippen LogP contribution in [0.3, 0.4) is 0 Å². The molecule has 2 rings (SSSR count). The largest absolute Gasteiger partial charge is 0.416 e. The summed E-state index contributed by atoms with van der Waals surface area (Å²) in [7, 11) is -3.83. The Balaban J connectivity index is 2.43. The third-order valence-corrected chi connectivity index (χ3v) is 5.21. The molecule has 1 fully saturated rings. The van der Waals surface area contributed by atoms with Crippen molar-refractivity contribution >= 4 is 10.0 Å². The monoisotopic (exact) mass is 307 g/mol. The molecule has 0 spiro atoms. The van der Waals surface area contributed by atoms with Gasteiger partial charge in [0.15, 0.2) is 0 Å². The van der Waals surface area contributed by atoms with Crippen molar-refractivity contribution in [1.82, 2.24) is 4.31 Å². The highest BCUT2D eigenvalue weighted by atomic mass is 32.2. The number of rotatable bonds is 2. The van der Waals surface area contributed by atoms with Gasteiger partial charge in [-0.1, -0.05) is 6.42 Å². The molecule has 1 aliphatic heterocycles. The second-order valence-corrected chi connectivity index (χ2v) is 6.94. The number of hydrogen-bond donors (Lipinski definition) is 0. The van der Waals surface area contributed by atoms with E-state index in [4.69, 9.17) is 0 Å². The number of alkyl halides is 3. The number of halogens is 3. The highest BCUT2D eigenvalue weighted by Gasteiger charge is 2.33. The fourth-order valence-corrected chi connectivity index (χ4v) is 3.96. The Bertz CT molecular complexity index is 590. The zero-order chi connectivity index (χ0) is 15.0. The van der Waals surface area contributed by atoms with Crippen LogP contribution in [0, 0.1) is 6.92 Å². The molecule has 1 aliphatic rings. The molecule has 1 aromatic rings. The molecule has 20 heavy (non-hydrogen) atoms. The van der Waals surface area contributed by atoms with Gasteiger partial charge in [-0.3, -0.25) is 0 Å². The van der Waals surface area contributed by atoms with Crippen LogP contribution in [0.15, 0.2) is 23.1 Å². The van der Waals surface area contributed by atoms with E-state index < -0.39 is 21.8 Å². The molecule has 1 saturated heterocycles. The molecular weight excluding hydrogens is 291 g/mol. The highest BCUT2D eigenvalue weighted by molar-refractivity contribution is 7.89. The third kappa shape index (κ3) is 3.15. The first-order valence-electron chi connectivity index (χ1n) is 6.40. The summed E-state index contributed by atoms with van der Waals surface area (Å²) in [6, 6.07) is 2.96. The van der Waals surface area contributed by atoms with Gasteiger partial charge in [-0.05, 0) is 43.5 Å². The fourth-order valence-electron chi connectivity index (χ4n) is 2.31. The average Bonchev–Trinajstić information content (AvgIpc) is 2.38. The van der Waals surface area contributed by atoms with E-state index in [0.29, 0.717) is 13.1 Å². The molecule has 0 bridgehead atoms. The molecule has 0 saturated carbocycles. The number of aryl methyl sites for hydroxylation is 1. The Hall–Kier alpha value is -1.08. The van der Waals surface area contributed by atoms with Crippen molar-refractivity contribution in [2.45, 2.75) is 37.3 Å². The molecule has 0 atom stereocenters. The van der Waals surface area contributed by atoms with E-state index in [9.17, 15) is 21.6 Å². The number of nitrogens with zero attached hydrogens (tertiary/aromatic N) is 1. The smallest absolute Gasteiger partial charge is 0.207 e. The highest BCUT2D eigenvalue weighted by Crippen LogP contribution is 2.32. The summed E-state index contributed by atoms with van der Waals surface area (Å²) in [6.07, 6.45) is -2.10. The van der Waals surface area contributed by atoms with Gasteiger partial charge in [0.25, 0.3) is 0 Å². The van der Waals surface area contributed by atoms with Gasteiger partial charge in [-0.25, -0.2) is 8.42 Å². The van der Waals surface area contributed by atoms with Crippen molar-refractivity contribution in [3.63, 3.8) is 0 Å². The Labute approximate surface area is 116 Å². The minimum Gasteiger partial charge on any atom is -0.207 e. The van der Waals surface area contributed by atoms with Gasteiger partial charge < -0.3 is 0 Å². The second kappa shape index (κ2) is 5.37. The van der Waals surface area contributed by atoms with E-state index >= 15 is 0 Å². The van der Waals surface area contributed by atoms with Crippen molar-refractivity contribution in [2.24, 2.45) is 0 Å². The van der Waals surface area contributed by atoms with Crippen LogP contribution in [0.2, 0.25) is 0 Å². The normalized spacial score (nSPS) is 18.2. The average molecular weight is 307 g/mol. The maximum absolute atomic E-state index is 12.8. The summed E-state index contributed by atoms with van der Waals surface area (Å²) < 4.78 is 64.3. The van der Waals surface area contributed by atoms with Gasteiger partial charge in [0.1, 0.15) is 0 Å². The van der Waals surface area contributed by atoms with E-state index in [2.05, 4.69) is 0 Å². The van der Waals surface area contributed by atoms with Crippen molar-refractivity contribution in [3.05, 3.63) is 29.3 Å². The number of piperidine rings is 1. The molecule has 112 valence electrons. The summed E-state index contributed by atoms with van der Waals surface area (Å²) in [5.41, 5.74) is -0.636. The van der Waals surface area contributed by atoms with Gasteiger partial charge in [0.2, 0.25) is 10.0 Å². The Kier molecular flexibility index (Phi) is 4.11. The first-order valence-corrected chi connectivity index (χ1v) is 7.84. The molecule has 1 heterocycles. The molecule has 7 heteroatoms. The van der Waals surface area contributed by atoms with E-state index in [0.717, 1.165) is 31.4 Å². The van der Waals surface area contributed by atoms with Gasteiger partial charge in [0, 0.05) is 13.1 Å². The lowest BCUT2D eigenvalue weighted by Crippen LogP contribution is -2.35. The zero-order valence-corrected chi connectivity index (χ0v) is 11.9. The fraction of sp³-hybridized carbons (Fsp3) is 0.538. The van der Waals surface area contributed by atoms with Gasteiger partial charge in [-0.15, -0.1) is 0 Å². The predicted molar refractivity (Wildman–Crippen MR) is 68.8 cm³/mol. The number of hydrogen-bond acceptors (Lipinski definition) is 2. The van der Waals surface area contributed by atoms with Gasteiger partial charge in [-0.2, -0.15) is 17.5 Å².